The van der Waals surface area contributed by atoms with Gasteiger partial charge in [0.2, 0.25) is 0 Å². The number of carbonyl (C=O) groups excluding carboxylic acids is 2. The van der Waals surface area contributed by atoms with Gasteiger partial charge in [-0.1, -0.05) is 37.3 Å². The van der Waals surface area contributed by atoms with Gasteiger partial charge in [-0.3, -0.25) is 4.79 Å². The van der Waals surface area contributed by atoms with Crippen LogP contribution < -0.4 is 5.32 Å². The van der Waals surface area contributed by atoms with Gasteiger partial charge in [0.15, 0.2) is 17.0 Å². The molecule has 0 bridgehead atoms. The minimum absolute atomic E-state index is 0.00263. The molecule has 3 aromatic heterocycles. The number of fused-ring (bicyclic) bond motifs is 2. The highest BCUT2D eigenvalue weighted by Crippen LogP contribution is 2.41. The number of alkyl halides is 3. The van der Waals surface area contributed by atoms with Crippen LogP contribution in [0.25, 0.3) is 16.9 Å². The van der Waals surface area contributed by atoms with Crippen molar-refractivity contribution in [3.63, 3.8) is 0 Å². The predicted molar refractivity (Wildman–Crippen MR) is 136 cm³/mol. The van der Waals surface area contributed by atoms with Gasteiger partial charge in [-0.25, -0.2) is 14.3 Å². The second-order valence-electron chi connectivity index (χ2n) is 8.79. The van der Waals surface area contributed by atoms with Crippen molar-refractivity contribution in [2.45, 2.75) is 32.4 Å². The number of esters is 1. The first-order chi connectivity index (χ1) is 17.6. The van der Waals surface area contributed by atoms with E-state index in [2.05, 4.69) is 38.3 Å². The fourth-order valence-electron chi connectivity index (χ4n) is 4.41. The minimum Gasteiger partial charge on any atom is -0.465 e. The van der Waals surface area contributed by atoms with Crippen molar-refractivity contribution in [3.05, 3.63) is 68.3 Å². The van der Waals surface area contributed by atoms with Crippen molar-refractivity contribution in [1.82, 2.24) is 14.6 Å². The topological polar surface area (TPSA) is 85.6 Å². The second kappa shape index (κ2) is 9.56. The Hall–Kier alpha value is -3.25. The molecule has 0 radical (unpaired) electrons. The zero-order chi connectivity index (χ0) is 26.5. The predicted octanol–water partition coefficient (Wildman–Crippen LogP) is 6.40. The van der Waals surface area contributed by atoms with Crippen molar-refractivity contribution in [3.8, 4) is 11.3 Å². The summed E-state index contributed by atoms with van der Waals surface area (Å²) < 4.78 is 47.5. The Labute approximate surface area is 221 Å². The lowest BCUT2D eigenvalue weighted by atomic mass is 9.88. The van der Waals surface area contributed by atoms with Crippen LogP contribution >= 0.6 is 27.3 Å². The van der Waals surface area contributed by atoms with Gasteiger partial charge in [0, 0.05) is 10.4 Å². The molecular weight excluding hydrogens is 573 g/mol. The number of anilines is 1. The van der Waals surface area contributed by atoms with Crippen LogP contribution in [0.3, 0.4) is 0 Å². The Morgan fingerprint density at radius 3 is 2.65 bits per heavy atom. The van der Waals surface area contributed by atoms with Gasteiger partial charge in [-0.05, 0) is 52.7 Å². The average Bonchev–Trinajstić information content (AvgIpc) is 3.39. The van der Waals surface area contributed by atoms with E-state index in [-0.39, 0.29) is 32.1 Å². The summed E-state index contributed by atoms with van der Waals surface area (Å²) in [6, 6.07) is 9.32. The number of ether oxygens (including phenoxy) is 1. The van der Waals surface area contributed by atoms with Gasteiger partial charge >= 0.3 is 12.1 Å². The number of carbonyl (C=O) groups is 2. The normalized spacial score (nSPS) is 15.5. The van der Waals surface area contributed by atoms with E-state index in [4.69, 9.17) is 4.74 Å². The van der Waals surface area contributed by atoms with E-state index in [9.17, 15) is 22.8 Å². The quantitative estimate of drug-likeness (QED) is 0.277. The van der Waals surface area contributed by atoms with Crippen LogP contribution in [0.1, 0.15) is 50.3 Å². The van der Waals surface area contributed by atoms with Gasteiger partial charge in [0.25, 0.3) is 5.91 Å². The van der Waals surface area contributed by atoms with Crippen LogP contribution in [-0.4, -0.2) is 33.6 Å². The molecule has 1 aliphatic carbocycles. The first-order valence-electron chi connectivity index (χ1n) is 11.3. The Kier molecular flexibility index (Phi) is 6.57. The average molecular weight is 593 g/mol. The molecule has 5 rings (SSSR count). The van der Waals surface area contributed by atoms with E-state index in [1.54, 1.807) is 30.3 Å². The Morgan fingerprint density at radius 2 is 1.97 bits per heavy atom. The molecule has 37 heavy (non-hydrogen) atoms. The van der Waals surface area contributed by atoms with Crippen LogP contribution in [0.4, 0.5) is 18.2 Å². The first kappa shape index (κ1) is 25.4. The van der Waals surface area contributed by atoms with Crippen LogP contribution in [-0.2, 0) is 23.8 Å². The summed E-state index contributed by atoms with van der Waals surface area (Å²) in [4.78, 5) is 31.2. The van der Waals surface area contributed by atoms with E-state index in [1.165, 1.54) is 18.4 Å². The van der Waals surface area contributed by atoms with E-state index in [0.717, 1.165) is 29.3 Å². The second-order valence-corrected chi connectivity index (χ2v) is 10.7. The standard InChI is InChI=1S/C25H20BrF3N4O3S/c1-12-8-9-14-16(10-12)37-23(18(14)24(35)36-2)31-22(34)20-19(26)21-30-15(13-6-4-3-5-7-13)11-17(25(27,28)29)33(21)32-20/h3-7,11-12H,8-10H2,1-2H3,(H,31,34)/t12-/m0/s1. The van der Waals surface area contributed by atoms with Crippen molar-refractivity contribution >= 4 is 49.8 Å². The number of amides is 1. The van der Waals surface area contributed by atoms with Crippen molar-refractivity contribution in [2.24, 2.45) is 5.92 Å². The van der Waals surface area contributed by atoms with Gasteiger partial charge in [-0.15, -0.1) is 11.3 Å². The van der Waals surface area contributed by atoms with Crippen LogP contribution in [0.15, 0.2) is 40.9 Å². The molecular formula is C25H20BrF3N4O3S. The Bertz CT molecular complexity index is 1530. The van der Waals surface area contributed by atoms with Crippen LogP contribution in [0, 0.1) is 5.92 Å². The lowest BCUT2D eigenvalue weighted by molar-refractivity contribution is -0.142. The molecule has 0 aliphatic heterocycles. The maximum absolute atomic E-state index is 14.0. The molecule has 0 saturated heterocycles. The summed E-state index contributed by atoms with van der Waals surface area (Å²) in [6.45, 7) is 2.11. The third kappa shape index (κ3) is 4.63. The molecule has 192 valence electrons. The molecule has 0 spiro atoms. The summed E-state index contributed by atoms with van der Waals surface area (Å²) in [5.41, 5.74) is 0.157. The Balaban J connectivity index is 1.59. The number of halogens is 4. The smallest absolute Gasteiger partial charge is 0.433 e. The van der Waals surface area contributed by atoms with Crippen molar-refractivity contribution in [1.29, 1.82) is 0 Å². The minimum atomic E-state index is -4.76. The molecule has 4 aromatic rings. The molecule has 0 unspecified atom stereocenters. The van der Waals surface area contributed by atoms with E-state index in [0.29, 0.717) is 22.4 Å². The number of hydrogen-bond acceptors (Lipinski definition) is 6. The third-order valence-electron chi connectivity index (χ3n) is 6.24. The van der Waals surface area contributed by atoms with Gasteiger partial charge < -0.3 is 10.1 Å². The molecule has 1 aromatic carbocycles. The van der Waals surface area contributed by atoms with Crippen molar-refractivity contribution < 1.29 is 27.5 Å². The Morgan fingerprint density at radius 1 is 1.24 bits per heavy atom. The fourth-order valence-corrected chi connectivity index (χ4v) is 6.32. The number of hydrogen-bond donors (Lipinski definition) is 1. The molecule has 3 heterocycles. The number of aromatic nitrogens is 3. The largest absolute Gasteiger partial charge is 0.465 e. The maximum Gasteiger partial charge on any atom is 0.433 e. The summed E-state index contributed by atoms with van der Waals surface area (Å²) in [5.74, 6) is -0.924. The zero-order valence-corrected chi connectivity index (χ0v) is 22.1. The molecule has 12 heteroatoms. The zero-order valence-electron chi connectivity index (χ0n) is 19.6. The highest BCUT2D eigenvalue weighted by atomic mass is 79.9. The number of nitrogens with zero attached hydrogens (tertiary/aromatic N) is 3. The van der Waals surface area contributed by atoms with Crippen LogP contribution in [0.5, 0.6) is 0 Å². The molecule has 0 saturated carbocycles. The summed E-state index contributed by atoms with van der Waals surface area (Å²) >= 11 is 4.51. The SMILES string of the molecule is COC(=O)c1c(NC(=O)c2nn3c(C(F)(F)F)cc(-c4ccccc4)nc3c2Br)sc2c1CC[C@H](C)C2. The summed E-state index contributed by atoms with van der Waals surface area (Å²) in [6.07, 6.45) is -2.42. The summed E-state index contributed by atoms with van der Waals surface area (Å²) in [7, 11) is 1.26. The number of nitrogens with one attached hydrogen (secondary N) is 1. The van der Waals surface area contributed by atoms with Gasteiger partial charge in [0.05, 0.1) is 22.8 Å². The van der Waals surface area contributed by atoms with E-state index in [1.807, 2.05) is 0 Å². The lowest BCUT2D eigenvalue weighted by Crippen LogP contribution is -2.17. The highest BCUT2D eigenvalue weighted by Gasteiger charge is 2.37. The first-order valence-corrected chi connectivity index (χ1v) is 13.0. The molecule has 1 N–H and O–H groups in total. The van der Waals surface area contributed by atoms with Gasteiger partial charge in [0.1, 0.15) is 5.00 Å². The fraction of sp³-hybridized carbons (Fsp3) is 0.280. The number of benzene rings is 1. The molecule has 1 amide bonds. The molecule has 1 atom stereocenters. The number of rotatable bonds is 4. The van der Waals surface area contributed by atoms with Gasteiger partial charge in [-0.2, -0.15) is 18.3 Å². The maximum atomic E-state index is 14.0. The summed E-state index contributed by atoms with van der Waals surface area (Å²) in [5, 5.41) is 6.93. The van der Waals surface area contributed by atoms with E-state index < -0.39 is 23.7 Å². The monoisotopic (exact) mass is 592 g/mol. The third-order valence-corrected chi connectivity index (χ3v) is 8.14. The lowest BCUT2D eigenvalue weighted by Gasteiger charge is -2.18. The highest BCUT2D eigenvalue weighted by molar-refractivity contribution is 9.10. The molecule has 7 nitrogen and oxygen atoms in total. The van der Waals surface area contributed by atoms with Crippen LogP contribution in [0.2, 0.25) is 0 Å². The molecule has 1 aliphatic rings. The van der Waals surface area contributed by atoms with Crippen molar-refractivity contribution in [2.75, 3.05) is 12.4 Å². The number of thiophene rings is 1. The molecule has 0 fully saturated rings. The van der Waals surface area contributed by atoms with E-state index >= 15 is 0 Å². The number of methoxy groups -OCH3 is 1.